The lowest BCUT2D eigenvalue weighted by atomic mass is 10.1. The zero-order valence-corrected chi connectivity index (χ0v) is 13.7. The summed E-state index contributed by atoms with van der Waals surface area (Å²) in [5, 5.41) is 0. The molecule has 0 amide bonds. The molecule has 1 aliphatic rings. The van der Waals surface area contributed by atoms with Crippen LogP contribution in [0.4, 0.5) is 0 Å². The molecule has 5 heteroatoms. The number of alkyl halides is 1. The van der Waals surface area contributed by atoms with E-state index >= 15 is 0 Å². The van der Waals surface area contributed by atoms with E-state index in [0.29, 0.717) is 13.2 Å². The van der Waals surface area contributed by atoms with E-state index < -0.39 is 10.8 Å². The largest absolute Gasteiger partial charge is 0.347 e. The number of hydrogen-bond acceptors (Lipinski definition) is 3. The first-order chi connectivity index (χ1) is 8.57. The van der Waals surface area contributed by atoms with Crippen LogP contribution in [-0.4, -0.2) is 16.4 Å². The Bertz CT molecular complexity index is 441. The van der Waals surface area contributed by atoms with Crippen molar-refractivity contribution in [1.82, 2.24) is 0 Å². The van der Waals surface area contributed by atoms with Gasteiger partial charge < -0.3 is 9.05 Å². The fourth-order valence-electron chi connectivity index (χ4n) is 2.18. The fraction of sp³-hybridized carbons (Fsp3) is 0.538. The molecule has 1 saturated carbocycles. The molecule has 0 heterocycles. The highest BCUT2D eigenvalue weighted by Crippen LogP contribution is 2.80. The van der Waals surface area contributed by atoms with Crippen molar-refractivity contribution in [3.63, 3.8) is 0 Å². The SMILES string of the molecule is CCOP(=O)(OCC)C1(I)CC1c1ccccc1. The van der Waals surface area contributed by atoms with Crippen LogP contribution in [0.25, 0.3) is 0 Å². The van der Waals surface area contributed by atoms with Crippen LogP contribution in [0.2, 0.25) is 0 Å². The average molecular weight is 380 g/mol. The van der Waals surface area contributed by atoms with Crippen LogP contribution in [0, 0.1) is 0 Å². The van der Waals surface area contributed by atoms with Gasteiger partial charge in [-0.05, 0) is 25.8 Å². The van der Waals surface area contributed by atoms with E-state index in [1.807, 2.05) is 32.0 Å². The topological polar surface area (TPSA) is 35.5 Å². The monoisotopic (exact) mass is 380 g/mol. The highest BCUT2D eigenvalue weighted by Gasteiger charge is 2.66. The van der Waals surface area contributed by atoms with E-state index in [0.717, 1.165) is 6.42 Å². The smallest absolute Gasteiger partial charge is 0.308 e. The van der Waals surface area contributed by atoms with Gasteiger partial charge in [0.2, 0.25) is 0 Å². The summed E-state index contributed by atoms with van der Waals surface area (Å²) < 4.78 is 23.4. The first kappa shape index (κ1) is 14.5. The minimum Gasteiger partial charge on any atom is -0.308 e. The van der Waals surface area contributed by atoms with Gasteiger partial charge in [-0.3, -0.25) is 4.57 Å². The third kappa shape index (κ3) is 2.53. The first-order valence-corrected chi connectivity index (χ1v) is 8.82. The van der Waals surface area contributed by atoms with Gasteiger partial charge in [0.15, 0.2) is 0 Å². The highest BCUT2D eigenvalue weighted by atomic mass is 127. The molecule has 1 fully saturated rings. The zero-order valence-electron chi connectivity index (χ0n) is 10.6. The normalized spacial score (nSPS) is 27.2. The summed E-state index contributed by atoms with van der Waals surface area (Å²) in [7, 11) is -3.03. The molecule has 100 valence electrons. The molecule has 2 atom stereocenters. The second-order valence-electron chi connectivity index (χ2n) is 4.32. The molecule has 0 saturated heterocycles. The number of benzene rings is 1. The third-order valence-electron chi connectivity index (χ3n) is 3.12. The van der Waals surface area contributed by atoms with Crippen LogP contribution >= 0.6 is 30.2 Å². The maximum atomic E-state index is 12.8. The van der Waals surface area contributed by atoms with Crippen molar-refractivity contribution in [3.8, 4) is 0 Å². The van der Waals surface area contributed by atoms with Gasteiger partial charge >= 0.3 is 7.60 Å². The predicted molar refractivity (Wildman–Crippen MR) is 81.4 cm³/mol. The second-order valence-corrected chi connectivity index (χ2v) is 9.41. The van der Waals surface area contributed by atoms with Crippen molar-refractivity contribution < 1.29 is 13.6 Å². The molecule has 0 bridgehead atoms. The van der Waals surface area contributed by atoms with Gasteiger partial charge in [-0.25, -0.2) is 0 Å². The molecule has 0 spiro atoms. The minimum absolute atomic E-state index is 0.267. The zero-order chi connectivity index (χ0) is 13.2. The van der Waals surface area contributed by atoms with E-state index in [4.69, 9.17) is 9.05 Å². The van der Waals surface area contributed by atoms with E-state index in [2.05, 4.69) is 34.7 Å². The van der Waals surface area contributed by atoms with Crippen LogP contribution in [0.15, 0.2) is 30.3 Å². The van der Waals surface area contributed by atoms with Gasteiger partial charge in [-0.15, -0.1) is 0 Å². The van der Waals surface area contributed by atoms with E-state index in [-0.39, 0.29) is 5.92 Å². The third-order valence-corrected chi connectivity index (χ3v) is 8.69. The van der Waals surface area contributed by atoms with Crippen molar-refractivity contribution in [1.29, 1.82) is 0 Å². The molecule has 2 rings (SSSR count). The highest BCUT2D eigenvalue weighted by molar-refractivity contribution is 14.1. The molecule has 3 nitrogen and oxygen atoms in total. The Labute approximate surface area is 122 Å². The summed E-state index contributed by atoms with van der Waals surface area (Å²) in [5.74, 6) is 0.267. The quantitative estimate of drug-likeness (QED) is 0.412. The average Bonchev–Trinajstić information content (AvgIpc) is 3.05. The molecule has 1 aliphatic carbocycles. The molecule has 2 unspecified atom stereocenters. The molecule has 1 aromatic rings. The summed E-state index contributed by atoms with van der Waals surface area (Å²) in [6, 6.07) is 10.2. The summed E-state index contributed by atoms with van der Waals surface area (Å²) in [6.45, 7) is 4.55. The van der Waals surface area contributed by atoms with E-state index in [1.54, 1.807) is 0 Å². The second kappa shape index (κ2) is 5.61. The van der Waals surface area contributed by atoms with Crippen LogP contribution in [0.5, 0.6) is 0 Å². The Balaban J connectivity index is 2.21. The number of rotatable bonds is 6. The standard InChI is InChI=1S/C13H18IO3P/c1-3-16-18(15,17-4-2)13(14)10-12(13)11-8-6-5-7-9-11/h5-9,12H,3-4,10H2,1-2H3. The Morgan fingerprint density at radius 3 is 2.33 bits per heavy atom. The maximum Gasteiger partial charge on any atom is 0.347 e. The van der Waals surface area contributed by atoms with Gasteiger partial charge in [0.25, 0.3) is 0 Å². The van der Waals surface area contributed by atoms with Gasteiger partial charge in [-0.1, -0.05) is 52.9 Å². The first-order valence-electron chi connectivity index (χ1n) is 6.20. The van der Waals surface area contributed by atoms with Crippen molar-refractivity contribution in [2.45, 2.75) is 29.3 Å². The molecule has 0 radical (unpaired) electrons. The summed E-state index contributed by atoms with van der Waals surface area (Å²) >= 11 is 2.27. The van der Waals surface area contributed by atoms with Crippen LogP contribution < -0.4 is 0 Å². The van der Waals surface area contributed by atoms with Crippen molar-refractivity contribution in [2.24, 2.45) is 0 Å². The van der Waals surface area contributed by atoms with Crippen LogP contribution in [0.3, 0.4) is 0 Å². The van der Waals surface area contributed by atoms with Gasteiger partial charge in [-0.2, -0.15) is 0 Å². The Morgan fingerprint density at radius 2 is 1.83 bits per heavy atom. The lowest BCUT2D eigenvalue weighted by molar-refractivity contribution is 0.217. The molecule has 1 aromatic carbocycles. The predicted octanol–water partition coefficient (Wildman–Crippen LogP) is 4.57. The molecular formula is C13H18IO3P. The van der Waals surface area contributed by atoms with Crippen molar-refractivity contribution in [2.75, 3.05) is 13.2 Å². The van der Waals surface area contributed by atoms with Crippen LogP contribution in [-0.2, 0) is 13.6 Å². The summed E-state index contributed by atoms with van der Waals surface area (Å²) in [6.07, 6.45) is 0.856. The lowest BCUT2D eigenvalue weighted by Crippen LogP contribution is -2.09. The number of halogens is 1. The maximum absolute atomic E-state index is 12.8. The Kier molecular flexibility index (Phi) is 4.52. The lowest BCUT2D eigenvalue weighted by Gasteiger charge is -2.23. The summed E-state index contributed by atoms with van der Waals surface area (Å²) in [4.78, 5) is 0. The van der Waals surface area contributed by atoms with Crippen LogP contribution in [0.1, 0.15) is 31.7 Å². The van der Waals surface area contributed by atoms with E-state index in [9.17, 15) is 4.57 Å². The van der Waals surface area contributed by atoms with Crippen molar-refractivity contribution >= 4 is 30.2 Å². The summed E-state index contributed by atoms with van der Waals surface area (Å²) in [5.41, 5.74) is 1.21. The molecular weight excluding hydrogens is 362 g/mol. The van der Waals surface area contributed by atoms with Crippen molar-refractivity contribution in [3.05, 3.63) is 35.9 Å². The molecule has 0 aromatic heterocycles. The molecule has 18 heavy (non-hydrogen) atoms. The molecule has 0 N–H and O–H groups in total. The number of hydrogen-bond donors (Lipinski definition) is 0. The minimum atomic E-state index is -3.03. The van der Waals surface area contributed by atoms with Gasteiger partial charge in [0.05, 0.1) is 13.2 Å². The van der Waals surface area contributed by atoms with Gasteiger partial charge in [0, 0.05) is 5.92 Å². The Morgan fingerprint density at radius 1 is 1.28 bits per heavy atom. The van der Waals surface area contributed by atoms with E-state index in [1.165, 1.54) is 5.56 Å². The fourth-order valence-corrected chi connectivity index (χ4v) is 5.94. The Hall–Kier alpha value is 0.100. The molecule has 0 aliphatic heterocycles. The van der Waals surface area contributed by atoms with Gasteiger partial charge in [0.1, 0.15) is 3.16 Å².